The van der Waals surface area contributed by atoms with E-state index in [1.807, 2.05) is 53.1 Å². The highest BCUT2D eigenvalue weighted by Crippen LogP contribution is 2.21. The van der Waals surface area contributed by atoms with Gasteiger partial charge in [-0.1, -0.05) is 18.2 Å². The van der Waals surface area contributed by atoms with E-state index in [1.54, 1.807) is 4.90 Å². The zero-order chi connectivity index (χ0) is 18.6. The highest BCUT2D eigenvalue weighted by atomic mass is 16.2. The second-order valence-electron chi connectivity index (χ2n) is 6.64. The third-order valence-corrected chi connectivity index (χ3v) is 4.74. The molecule has 0 spiro atoms. The Balaban J connectivity index is 1.28. The molecule has 0 bridgehead atoms. The van der Waals surface area contributed by atoms with Crippen LogP contribution in [0.25, 0.3) is 5.65 Å². The zero-order valence-corrected chi connectivity index (χ0v) is 15.0. The fraction of sp³-hybridized carbons (Fsp3) is 0.300. The fourth-order valence-corrected chi connectivity index (χ4v) is 3.34. The molecule has 7 nitrogen and oxygen atoms in total. The van der Waals surface area contributed by atoms with Crippen LogP contribution in [0, 0.1) is 0 Å². The molecule has 0 aliphatic carbocycles. The van der Waals surface area contributed by atoms with Crippen LogP contribution in [0.3, 0.4) is 0 Å². The van der Waals surface area contributed by atoms with Crippen molar-refractivity contribution in [2.24, 2.45) is 0 Å². The van der Waals surface area contributed by atoms with Gasteiger partial charge < -0.3 is 10.2 Å². The number of anilines is 1. The van der Waals surface area contributed by atoms with Crippen molar-refractivity contribution < 1.29 is 9.59 Å². The van der Waals surface area contributed by atoms with Gasteiger partial charge >= 0.3 is 0 Å². The van der Waals surface area contributed by atoms with Gasteiger partial charge in [0, 0.05) is 37.8 Å². The van der Waals surface area contributed by atoms with Gasteiger partial charge in [0.25, 0.3) is 0 Å². The van der Waals surface area contributed by atoms with Crippen LogP contribution in [0.5, 0.6) is 0 Å². The SMILES string of the molecule is O=C(Cc1ccc(N2CCCC2=O)cc1)NCCc1nnc2ccccn12. The van der Waals surface area contributed by atoms with Crippen molar-refractivity contribution in [3.63, 3.8) is 0 Å². The Labute approximate surface area is 157 Å². The lowest BCUT2D eigenvalue weighted by Gasteiger charge is -2.15. The second kappa shape index (κ2) is 7.57. The minimum absolute atomic E-state index is 0.0335. The number of pyridine rings is 1. The third-order valence-electron chi connectivity index (χ3n) is 4.74. The van der Waals surface area contributed by atoms with E-state index in [0.29, 0.717) is 25.8 Å². The summed E-state index contributed by atoms with van der Waals surface area (Å²) in [6.07, 6.45) is 4.37. The number of nitrogens with zero attached hydrogens (tertiary/aromatic N) is 4. The summed E-state index contributed by atoms with van der Waals surface area (Å²) in [4.78, 5) is 25.8. The molecule has 138 valence electrons. The molecule has 1 N–H and O–H groups in total. The molecular weight excluding hydrogens is 342 g/mol. The molecule has 1 aromatic carbocycles. The van der Waals surface area contributed by atoms with Gasteiger partial charge in [0.05, 0.1) is 6.42 Å². The number of carbonyl (C=O) groups excluding carboxylic acids is 2. The van der Waals surface area contributed by atoms with E-state index in [2.05, 4.69) is 15.5 Å². The van der Waals surface area contributed by atoms with Gasteiger partial charge in [0.1, 0.15) is 5.82 Å². The van der Waals surface area contributed by atoms with Crippen molar-refractivity contribution in [3.05, 3.63) is 60.0 Å². The van der Waals surface area contributed by atoms with Crippen LogP contribution >= 0.6 is 0 Å². The minimum atomic E-state index is -0.0335. The summed E-state index contributed by atoms with van der Waals surface area (Å²) >= 11 is 0. The van der Waals surface area contributed by atoms with Gasteiger partial charge in [-0.05, 0) is 36.2 Å². The normalized spacial score (nSPS) is 14.1. The molecule has 0 unspecified atom stereocenters. The van der Waals surface area contributed by atoms with Gasteiger partial charge in [0.2, 0.25) is 11.8 Å². The maximum absolute atomic E-state index is 12.2. The van der Waals surface area contributed by atoms with Crippen molar-refractivity contribution in [3.8, 4) is 0 Å². The Morgan fingerprint density at radius 1 is 1.11 bits per heavy atom. The van der Waals surface area contributed by atoms with Crippen molar-refractivity contribution in [2.75, 3.05) is 18.0 Å². The van der Waals surface area contributed by atoms with E-state index in [4.69, 9.17) is 0 Å². The quantitative estimate of drug-likeness (QED) is 0.724. The number of aromatic nitrogens is 3. The van der Waals surface area contributed by atoms with Gasteiger partial charge in [-0.2, -0.15) is 0 Å². The first-order valence-corrected chi connectivity index (χ1v) is 9.15. The lowest BCUT2D eigenvalue weighted by molar-refractivity contribution is -0.120. The Morgan fingerprint density at radius 2 is 1.96 bits per heavy atom. The van der Waals surface area contributed by atoms with Crippen LogP contribution in [-0.2, 0) is 22.4 Å². The van der Waals surface area contributed by atoms with Gasteiger partial charge in [0.15, 0.2) is 5.65 Å². The first kappa shape index (κ1) is 17.2. The van der Waals surface area contributed by atoms with E-state index in [9.17, 15) is 9.59 Å². The number of amides is 2. The van der Waals surface area contributed by atoms with Crippen molar-refractivity contribution in [1.29, 1.82) is 0 Å². The van der Waals surface area contributed by atoms with Crippen molar-refractivity contribution >= 4 is 23.1 Å². The molecule has 0 atom stereocenters. The standard InChI is InChI=1S/C20H21N5O2/c26-19(21-11-10-18-23-22-17-4-1-2-12-25(17)18)14-15-6-8-16(9-7-15)24-13-3-5-20(24)27/h1-2,4,6-9,12H,3,5,10-11,13-14H2,(H,21,26). The van der Waals surface area contributed by atoms with E-state index in [0.717, 1.165) is 35.7 Å². The first-order valence-electron chi connectivity index (χ1n) is 9.15. The highest BCUT2D eigenvalue weighted by Gasteiger charge is 2.21. The summed E-state index contributed by atoms with van der Waals surface area (Å²) in [6.45, 7) is 1.28. The Hall–Kier alpha value is -3.22. The molecule has 3 aromatic rings. The Kier molecular flexibility index (Phi) is 4.82. The lowest BCUT2D eigenvalue weighted by atomic mass is 10.1. The first-order chi connectivity index (χ1) is 13.2. The number of fused-ring (bicyclic) bond motifs is 1. The topological polar surface area (TPSA) is 79.6 Å². The Bertz CT molecular complexity index is 964. The number of carbonyl (C=O) groups is 2. The smallest absolute Gasteiger partial charge is 0.227 e. The van der Waals surface area contributed by atoms with Gasteiger partial charge in [-0.25, -0.2) is 0 Å². The van der Waals surface area contributed by atoms with E-state index in [-0.39, 0.29) is 11.8 Å². The van der Waals surface area contributed by atoms with Crippen LogP contribution in [-0.4, -0.2) is 39.5 Å². The van der Waals surface area contributed by atoms with Crippen LogP contribution in [0.2, 0.25) is 0 Å². The van der Waals surface area contributed by atoms with Crippen LogP contribution < -0.4 is 10.2 Å². The predicted molar refractivity (Wildman–Crippen MR) is 101 cm³/mol. The molecule has 0 radical (unpaired) electrons. The average molecular weight is 363 g/mol. The van der Waals surface area contributed by atoms with E-state index >= 15 is 0 Å². The summed E-state index contributed by atoms with van der Waals surface area (Å²) in [5.74, 6) is 0.959. The largest absolute Gasteiger partial charge is 0.355 e. The summed E-state index contributed by atoms with van der Waals surface area (Å²) in [7, 11) is 0. The average Bonchev–Trinajstić information content (AvgIpc) is 3.29. The summed E-state index contributed by atoms with van der Waals surface area (Å²) in [5, 5.41) is 11.2. The minimum Gasteiger partial charge on any atom is -0.355 e. The van der Waals surface area contributed by atoms with Crippen LogP contribution in [0.15, 0.2) is 48.7 Å². The molecule has 1 aliphatic rings. The monoisotopic (exact) mass is 363 g/mol. The lowest BCUT2D eigenvalue weighted by Crippen LogP contribution is -2.27. The molecular formula is C20H21N5O2. The molecule has 0 saturated carbocycles. The zero-order valence-electron chi connectivity index (χ0n) is 15.0. The Morgan fingerprint density at radius 3 is 2.74 bits per heavy atom. The molecule has 1 aliphatic heterocycles. The summed E-state index contributed by atoms with van der Waals surface area (Å²) < 4.78 is 1.92. The molecule has 27 heavy (non-hydrogen) atoms. The molecule has 3 heterocycles. The van der Waals surface area contributed by atoms with Crippen LogP contribution in [0.1, 0.15) is 24.2 Å². The van der Waals surface area contributed by atoms with E-state index < -0.39 is 0 Å². The van der Waals surface area contributed by atoms with Crippen molar-refractivity contribution in [2.45, 2.75) is 25.7 Å². The van der Waals surface area contributed by atoms with Gasteiger partial charge in [-0.3, -0.25) is 14.0 Å². The molecule has 7 heteroatoms. The fourth-order valence-electron chi connectivity index (χ4n) is 3.34. The highest BCUT2D eigenvalue weighted by molar-refractivity contribution is 5.95. The second-order valence-corrected chi connectivity index (χ2v) is 6.64. The van der Waals surface area contributed by atoms with Crippen molar-refractivity contribution in [1.82, 2.24) is 19.9 Å². The predicted octanol–water partition coefficient (Wildman–Crippen LogP) is 1.76. The summed E-state index contributed by atoms with van der Waals surface area (Å²) in [6, 6.07) is 13.4. The molecule has 4 rings (SSSR count). The number of hydrogen-bond acceptors (Lipinski definition) is 4. The number of nitrogens with one attached hydrogen (secondary N) is 1. The maximum atomic E-state index is 12.2. The third kappa shape index (κ3) is 3.81. The molecule has 1 saturated heterocycles. The van der Waals surface area contributed by atoms with E-state index in [1.165, 1.54) is 0 Å². The van der Waals surface area contributed by atoms with Crippen LogP contribution in [0.4, 0.5) is 5.69 Å². The number of rotatable bonds is 6. The molecule has 2 aromatic heterocycles. The molecule has 1 fully saturated rings. The summed E-state index contributed by atoms with van der Waals surface area (Å²) in [5.41, 5.74) is 2.63. The van der Waals surface area contributed by atoms with Gasteiger partial charge in [-0.15, -0.1) is 10.2 Å². The number of hydrogen-bond donors (Lipinski definition) is 1. The number of benzene rings is 1. The molecule has 2 amide bonds. The maximum Gasteiger partial charge on any atom is 0.227 e.